The van der Waals surface area contributed by atoms with E-state index in [1.807, 2.05) is 0 Å². The van der Waals surface area contributed by atoms with Crippen LogP contribution in [0.3, 0.4) is 0 Å². The highest BCUT2D eigenvalue weighted by atomic mass is 19.3. The molecule has 14 heavy (non-hydrogen) atoms. The molecule has 0 radical (unpaired) electrons. The van der Waals surface area contributed by atoms with E-state index in [9.17, 15) is 13.6 Å². The van der Waals surface area contributed by atoms with E-state index in [1.54, 1.807) is 0 Å². The number of halogens is 2. The lowest BCUT2D eigenvalue weighted by Crippen LogP contribution is -2.10. The Balaban J connectivity index is 2.56. The first kappa shape index (κ1) is 10.6. The van der Waals surface area contributed by atoms with Crippen LogP contribution in [0.1, 0.15) is 29.5 Å². The Kier molecular flexibility index (Phi) is 2.83. The van der Waals surface area contributed by atoms with Crippen molar-refractivity contribution < 1.29 is 18.7 Å². The molecule has 0 aromatic carbocycles. The maximum absolute atomic E-state index is 12.4. The number of aromatic amines is 1. The van der Waals surface area contributed by atoms with Gasteiger partial charge in [-0.25, -0.2) is 13.6 Å². The predicted molar refractivity (Wildman–Crippen MR) is 44.5 cm³/mol. The van der Waals surface area contributed by atoms with Gasteiger partial charge < -0.3 is 5.11 Å². The molecule has 0 saturated carbocycles. The highest BCUT2D eigenvalue weighted by molar-refractivity contribution is 5.85. The molecule has 0 spiro atoms. The van der Waals surface area contributed by atoms with Gasteiger partial charge in [0.25, 0.3) is 0 Å². The number of carboxylic acid groups (broad SMARTS) is 1. The Bertz CT molecular complexity index is 330. The molecule has 2 N–H and O–H groups in total. The molecule has 0 saturated heterocycles. The normalized spacial score (nSPS) is 11.6. The van der Waals surface area contributed by atoms with E-state index in [1.165, 1.54) is 6.07 Å². The summed E-state index contributed by atoms with van der Waals surface area (Å²) in [7, 11) is 0. The van der Waals surface area contributed by atoms with Crippen molar-refractivity contribution in [1.82, 2.24) is 10.2 Å². The summed E-state index contributed by atoms with van der Waals surface area (Å²) >= 11 is 0. The number of hydrogen-bond acceptors (Lipinski definition) is 2. The first-order valence-corrected chi connectivity index (χ1v) is 4.04. The molecule has 1 heterocycles. The fourth-order valence-corrected chi connectivity index (χ4v) is 0.948. The van der Waals surface area contributed by atoms with Crippen molar-refractivity contribution >= 4 is 5.97 Å². The monoisotopic (exact) mass is 204 g/mol. The minimum Gasteiger partial charge on any atom is -0.477 e. The molecule has 1 aromatic rings. The van der Waals surface area contributed by atoms with E-state index in [-0.39, 0.29) is 18.5 Å². The van der Waals surface area contributed by atoms with Crippen molar-refractivity contribution in [2.45, 2.75) is 25.7 Å². The third-order valence-electron chi connectivity index (χ3n) is 1.68. The lowest BCUT2D eigenvalue weighted by molar-refractivity contribution is 0.0130. The fraction of sp³-hybridized carbons (Fsp3) is 0.500. The molecule has 0 amide bonds. The number of hydrogen-bond donors (Lipinski definition) is 2. The Morgan fingerprint density at radius 1 is 1.71 bits per heavy atom. The van der Waals surface area contributed by atoms with Crippen LogP contribution in [-0.4, -0.2) is 27.2 Å². The average Bonchev–Trinajstić information content (AvgIpc) is 2.47. The van der Waals surface area contributed by atoms with Crippen molar-refractivity contribution in [2.24, 2.45) is 0 Å². The summed E-state index contributed by atoms with van der Waals surface area (Å²) in [5.41, 5.74) is 0.253. The summed E-state index contributed by atoms with van der Waals surface area (Å²) in [6.07, 6.45) is -0.274. The molecule has 6 heteroatoms. The van der Waals surface area contributed by atoms with Crippen LogP contribution in [-0.2, 0) is 6.42 Å². The van der Waals surface area contributed by atoms with Crippen LogP contribution in [0.25, 0.3) is 0 Å². The van der Waals surface area contributed by atoms with Gasteiger partial charge in [-0.2, -0.15) is 5.10 Å². The van der Waals surface area contributed by atoms with Gasteiger partial charge in [0.1, 0.15) is 5.69 Å². The quantitative estimate of drug-likeness (QED) is 0.784. The second-order valence-electron chi connectivity index (χ2n) is 3.15. The van der Waals surface area contributed by atoms with E-state index in [0.717, 1.165) is 6.92 Å². The molecule has 0 aliphatic carbocycles. The van der Waals surface area contributed by atoms with Crippen molar-refractivity contribution in [3.05, 3.63) is 17.5 Å². The smallest absolute Gasteiger partial charge is 0.353 e. The zero-order chi connectivity index (χ0) is 10.8. The fourth-order valence-electron chi connectivity index (χ4n) is 0.948. The molecule has 0 aliphatic heterocycles. The minimum atomic E-state index is -2.75. The maximum atomic E-state index is 12.4. The second-order valence-corrected chi connectivity index (χ2v) is 3.15. The topological polar surface area (TPSA) is 66.0 Å². The van der Waals surface area contributed by atoms with Crippen LogP contribution in [0, 0.1) is 0 Å². The van der Waals surface area contributed by atoms with E-state index in [2.05, 4.69) is 10.2 Å². The summed E-state index contributed by atoms with van der Waals surface area (Å²) in [4.78, 5) is 10.4. The first-order chi connectivity index (χ1) is 6.38. The molecule has 1 rings (SSSR count). The van der Waals surface area contributed by atoms with Crippen LogP contribution in [0.15, 0.2) is 6.07 Å². The predicted octanol–water partition coefficient (Wildman–Crippen LogP) is 1.70. The zero-order valence-electron chi connectivity index (χ0n) is 7.55. The average molecular weight is 204 g/mol. The summed E-state index contributed by atoms with van der Waals surface area (Å²) in [6.45, 7) is 0.817. The number of H-pyrrole nitrogens is 1. The van der Waals surface area contributed by atoms with Crippen molar-refractivity contribution in [1.29, 1.82) is 0 Å². The van der Waals surface area contributed by atoms with Gasteiger partial charge in [-0.1, -0.05) is 0 Å². The van der Waals surface area contributed by atoms with E-state index in [0.29, 0.717) is 5.69 Å². The molecule has 0 atom stereocenters. The van der Waals surface area contributed by atoms with Gasteiger partial charge in [-0.3, -0.25) is 5.10 Å². The van der Waals surface area contributed by atoms with Gasteiger partial charge in [0.2, 0.25) is 5.92 Å². The van der Waals surface area contributed by atoms with E-state index in [4.69, 9.17) is 5.11 Å². The number of nitrogens with zero attached hydrogens (tertiary/aromatic N) is 1. The third-order valence-corrected chi connectivity index (χ3v) is 1.68. The minimum absolute atomic E-state index is 0.0628. The lowest BCUT2D eigenvalue weighted by Gasteiger charge is -2.07. The number of aromatic nitrogens is 2. The number of aromatic carboxylic acids is 1. The van der Waals surface area contributed by atoms with Gasteiger partial charge >= 0.3 is 5.97 Å². The van der Waals surface area contributed by atoms with Crippen LogP contribution in [0.2, 0.25) is 0 Å². The van der Waals surface area contributed by atoms with Crippen LogP contribution in [0.4, 0.5) is 8.78 Å². The van der Waals surface area contributed by atoms with Gasteiger partial charge in [0, 0.05) is 6.42 Å². The summed E-state index contributed by atoms with van der Waals surface area (Å²) < 4.78 is 24.8. The molecule has 78 valence electrons. The van der Waals surface area contributed by atoms with E-state index < -0.39 is 11.9 Å². The summed E-state index contributed by atoms with van der Waals surface area (Å²) in [6, 6.07) is 1.26. The van der Waals surface area contributed by atoms with Crippen LogP contribution < -0.4 is 0 Å². The molecule has 0 fully saturated rings. The van der Waals surface area contributed by atoms with Crippen molar-refractivity contribution in [2.75, 3.05) is 0 Å². The number of aryl methyl sites for hydroxylation is 1. The van der Waals surface area contributed by atoms with Gasteiger partial charge in [0.15, 0.2) is 0 Å². The van der Waals surface area contributed by atoms with Gasteiger partial charge in [-0.15, -0.1) is 0 Å². The summed E-state index contributed by atoms with van der Waals surface area (Å²) in [5, 5.41) is 14.4. The number of carboxylic acids is 1. The lowest BCUT2D eigenvalue weighted by atomic mass is 10.1. The summed E-state index contributed by atoms with van der Waals surface area (Å²) in [5.74, 6) is -3.89. The zero-order valence-corrected chi connectivity index (χ0v) is 7.55. The Morgan fingerprint density at radius 3 is 2.79 bits per heavy atom. The molecule has 4 nitrogen and oxygen atoms in total. The molecule has 0 bridgehead atoms. The van der Waals surface area contributed by atoms with Crippen LogP contribution >= 0.6 is 0 Å². The van der Waals surface area contributed by atoms with Crippen LogP contribution in [0.5, 0.6) is 0 Å². The Labute approximate surface area is 78.9 Å². The first-order valence-electron chi connectivity index (χ1n) is 4.04. The van der Waals surface area contributed by atoms with Crippen molar-refractivity contribution in [3.63, 3.8) is 0 Å². The van der Waals surface area contributed by atoms with E-state index >= 15 is 0 Å². The number of carbonyl (C=O) groups is 1. The molecule has 0 unspecified atom stereocenters. The largest absolute Gasteiger partial charge is 0.477 e. The third kappa shape index (κ3) is 3.12. The molecular formula is C8H10F2N2O2. The SMILES string of the molecule is CC(F)(F)CCc1cc(C(=O)O)[nH]n1. The Morgan fingerprint density at radius 2 is 2.36 bits per heavy atom. The number of alkyl halides is 2. The maximum Gasteiger partial charge on any atom is 0.353 e. The number of nitrogens with one attached hydrogen (secondary N) is 1. The molecular weight excluding hydrogens is 194 g/mol. The van der Waals surface area contributed by atoms with Crippen molar-refractivity contribution in [3.8, 4) is 0 Å². The Hall–Kier alpha value is -1.46. The number of rotatable bonds is 4. The molecule has 1 aromatic heterocycles. The molecule has 0 aliphatic rings. The second kappa shape index (κ2) is 3.73. The standard InChI is InChI=1S/C8H10F2N2O2/c1-8(9,10)3-2-5-4-6(7(13)14)12-11-5/h4H,2-3H2,1H3,(H,11,12)(H,13,14). The highest BCUT2D eigenvalue weighted by Gasteiger charge is 2.21. The highest BCUT2D eigenvalue weighted by Crippen LogP contribution is 2.19. The van der Waals surface area contributed by atoms with Gasteiger partial charge in [-0.05, 0) is 19.4 Å². The van der Waals surface area contributed by atoms with Gasteiger partial charge in [0.05, 0.1) is 5.69 Å².